The fourth-order valence-corrected chi connectivity index (χ4v) is 1.52. The van der Waals surface area contributed by atoms with Gasteiger partial charge in [-0.15, -0.1) is 0 Å². The zero-order chi connectivity index (χ0) is 13.6. The standard InChI is InChI=1S/C10H19N3O4/c1-4-13(7(2)5-9(15)16)10(17)12(3)6-8(11)14/h7H,4-6H2,1-3H3,(H2,11,14)(H,15,16). The highest BCUT2D eigenvalue weighted by Gasteiger charge is 2.23. The van der Waals surface area contributed by atoms with Gasteiger partial charge in [0.05, 0.1) is 6.42 Å². The summed E-state index contributed by atoms with van der Waals surface area (Å²) in [5.74, 6) is -1.58. The predicted molar refractivity (Wildman–Crippen MR) is 61.3 cm³/mol. The van der Waals surface area contributed by atoms with Crippen LogP contribution in [0.2, 0.25) is 0 Å². The largest absolute Gasteiger partial charge is 0.481 e. The molecule has 1 atom stereocenters. The Balaban J connectivity index is 4.58. The summed E-state index contributed by atoms with van der Waals surface area (Å²) in [4.78, 5) is 35.7. The first kappa shape index (κ1) is 15.2. The van der Waals surface area contributed by atoms with Gasteiger partial charge in [-0.2, -0.15) is 0 Å². The number of likely N-dealkylation sites (N-methyl/N-ethyl adjacent to an activating group) is 1. The summed E-state index contributed by atoms with van der Waals surface area (Å²) >= 11 is 0. The van der Waals surface area contributed by atoms with Crippen LogP contribution in [-0.4, -0.2) is 59.0 Å². The second-order valence-electron chi connectivity index (χ2n) is 3.84. The molecule has 0 spiro atoms. The molecular formula is C10H19N3O4. The highest BCUT2D eigenvalue weighted by molar-refractivity contribution is 5.83. The first-order chi connectivity index (χ1) is 7.79. The van der Waals surface area contributed by atoms with Crippen molar-refractivity contribution in [2.75, 3.05) is 20.1 Å². The van der Waals surface area contributed by atoms with E-state index >= 15 is 0 Å². The van der Waals surface area contributed by atoms with Crippen molar-refractivity contribution in [2.24, 2.45) is 5.73 Å². The molecule has 7 heteroatoms. The fraction of sp³-hybridized carbons (Fsp3) is 0.700. The van der Waals surface area contributed by atoms with Gasteiger partial charge in [-0.1, -0.05) is 0 Å². The van der Waals surface area contributed by atoms with E-state index in [1.807, 2.05) is 0 Å². The molecule has 3 N–H and O–H groups in total. The number of hydrogen-bond donors (Lipinski definition) is 2. The van der Waals surface area contributed by atoms with E-state index in [1.54, 1.807) is 13.8 Å². The highest BCUT2D eigenvalue weighted by Crippen LogP contribution is 2.07. The summed E-state index contributed by atoms with van der Waals surface area (Å²) < 4.78 is 0. The van der Waals surface area contributed by atoms with Gasteiger partial charge >= 0.3 is 12.0 Å². The molecule has 3 amide bonds. The number of nitrogens with two attached hydrogens (primary N) is 1. The van der Waals surface area contributed by atoms with Crippen LogP contribution >= 0.6 is 0 Å². The molecule has 98 valence electrons. The topological polar surface area (TPSA) is 104 Å². The van der Waals surface area contributed by atoms with Gasteiger partial charge in [-0.05, 0) is 13.8 Å². The van der Waals surface area contributed by atoms with E-state index in [1.165, 1.54) is 16.8 Å². The first-order valence-corrected chi connectivity index (χ1v) is 5.31. The van der Waals surface area contributed by atoms with Crippen molar-refractivity contribution in [1.29, 1.82) is 0 Å². The molecule has 0 aliphatic carbocycles. The lowest BCUT2D eigenvalue weighted by Crippen LogP contribution is -2.48. The van der Waals surface area contributed by atoms with E-state index in [0.717, 1.165) is 0 Å². The van der Waals surface area contributed by atoms with Gasteiger partial charge in [0.2, 0.25) is 5.91 Å². The summed E-state index contributed by atoms with van der Waals surface area (Å²) in [7, 11) is 1.45. The predicted octanol–water partition coefficient (Wildman–Crippen LogP) is -0.291. The smallest absolute Gasteiger partial charge is 0.320 e. The van der Waals surface area contributed by atoms with Crippen LogP contribution in [0.1, 0.15) is 20.3 Å². The van der Waals surface area contributed by atoms with Crippen molar-refractivity contribution in [2.45, 2.75) is 26.3 Å². The minimum absolute atomic E-state index is 0.135. The lowest BCUT2D eigenvalue weighted by Gasteiger charge is -2.30. The van der Waals surface area contributed by atoms with Gasteiger partial charge in [0, 0.05) is 19.6 Å². The molecule has 0 bridgehead atoms. The third-order valence-corrected chi connectivity index (χ3v) is 2.31. The number of rotatable bonds is 6. The van der Waals surface area contributed by atoms with Crippen LogP contribution in [0.4, 0.5) is 4.79 Å². The summed E-state index contributed by atoms with van der Waals surface area (Å²) in [6.45, 7) is 3.58. The second-order valence-corrected chi connectivity index (χ2v) is 3.84. The molecule has 0 aliphatic heterocycles. The van der Waals surface area contributed by atoms with Crippen molar-refractivity contribution >= 4 is 17.9 Å². The van der Waals surface area contributed by atoms with Gasteiger partial charge in [0.15, 0.2) is 0 Å². The second kappa shape index (κ2) is 6.72. The lowest BCUT2D eigenvalue weighted by molar-refractivity contribution is -0.138. The maximum absolute atomic E-state index is 11.9. The minimum Gasteiger partial charge on any atom is -0.481 e. The minimum atomic E-state index is -0.971. The van der Waals surface area contributed by atoms with Crippen LogP contribution in [0.25, 0.3) is 0 Å². The average Bonchev–Trinajstić information content (AvgIpc) is 2.16. The Morgan fingerprint density at radius 2 is 1.88 bits per heavy atom. The number of carbonyl (C=O) groups excluding carboxylic acids is 2. The Kier molecular flexibility index (Phi) is 6.01. The number of carbonyl (C=O) groups is 3. The van der Waals surface area contributed by atoms with Crippen LogP contribution in [0, 0.1) is 0 Å². The zero-order valence-corrected chi connectivity index (χ0v) is 10.3. The lowest BCUT2D eigenvalue weighted by atomic mass is 10.2. The number of carboxylic acid groups (broad SMARTS) is 1. The van der Waals surface area contributed by atoms with Crippen molar-refractivity contribution in [1.82, 2.24) is 9.80 Å². The molecule has 0 fully saturated rings. The Morgan fingerprint density at radius 3 is 2.24 bits per heavy atom. The number of aliphatic carboxylic acids is 1. The SMILES string of the molecule is CCN(C(=O)N(C)CC(N)=O)C(C)CC(=O)O. The van der Waals surface area contributed by atoms with Gasteiger partial charge in [-0.3, -0.25) is 9.59 Å². The van der Waals surface area contributed by atoms with Crippen LogP contribution in [0.15, 0.2) is 0 Å². The zero-order valence-electron chi connectivity index (χ0n) is 10.3. The highest BCUT2D eigenvalue weighted by atomic mass is 16.4. The molecule has 1 unspecified atom stereocenters. The number of carboxylic acids is 1. The Morgan fingerprint density at radius 1 is 1.35 bits per heavy atom. The summed E-state index contributed by atoms with van der Waals surface area (Å²) in [5, 5.41) is 8.67. The molecule has 0 saturated carbocycles. The van der Waals surface area contributed by atoms with Crippen molar-refractivity contribution in [3.63, 3.8) is 0 Å². The number of amides is 3. The third-order valence-electron chi connectivity index (χ3n) is 2.31. The fourth-order valence-electron chi connectivity index (χ4n) is 1.52. The molecule has 0 radical (unpaired) electrons. The van der Waals surface area contributed by atoms with Crippen molar-refractivity contribution in [3.8, 4) is 0 Å². The summed E-state index contributed by atoms with van der Waals surface area (Å²) in [6, 6.07) is -0.833. The van der Waals surface area contributed by atoms with Gasteiger partial charge in [0.25, 0.3) is 0 Å². The quantitative estimate of drug-likeness (QED) is 0.670. The van der Waals surface area contributed by atoms with Gasteiger partial charge < -0.3 is 20.6 Å². The van der Waals surface area contributed by atoms with Gasteiger partial charge in [-0.25, -0.2) is 4.79 Å². The molecule has 0 aromatic rings. The van der Waals surface area contributed by atoms with Crippen LogP contribution in [0.5, 0.6) is 0 Å². The third kappa shape index (κ3) is 5.19. The Bertz CT molecular complexity index is 306. The van der Waals surface area contributed by atoms with Gasteiger partial charge in [0.1, 0.15) is 6.54 Å². The van der Waals surface area contributed by atoms with E-state index in [0.29, 0.717) is 6.54 Å². The van der Waals surface area contributed by atoms with E-state index in [-0.39, 0.29) is 13.0 Å². The molecule has 7 nitrogen and oxygen atoms in total. The average molecular weight is 245 g/mol. The first-order valence-electron chi connectivity index (χ1n) is 5.31. The van der Waals surface area contributed by atoms with Crippen molar-refractivity contribution in [3.05, 3.63) is 0 Å². The van der Waals surface area contributed by atoms with Crippen LogP contribution in [0.3, 0.4) is 0 Å². The molecule has 0 aliphatic rings. The number of hydrogen-bond acceptors (Lipinski definition) is 3. The van der Waals surface area contributed by atoms with Crippen LogP contribution in [-0.2, 0) is 9.59 Å². The van der Waals surface area contributed by atoms with E-state index < -0.39 is 23.9 Å². The van der Waals surface area contributed by atoms with E-state index in [4.69, 9.17) is 10.8 Å². The number of nitrogens with zero attached hydrogens (tertiary/aromatic N) is 2. The molecule has 0 heterocycles. The number of urea groups is 1. The molecule has 0 saturated heterocycles. The monoisotopic (exact) mass is 245 g/mol. The number of primary amides is 1. The van der Waals surface area contributed by atoms with E-state index in [9.17, 15) is 14.4 Å². The Hall–Kier alpha value is -1.79. The summed E-state index contributed by atoms with van der Waals surface area (Å²) in [6.07, 6.45) is -0.135. The molecule has 0 rings (SSSR count). The molecule has 0 aromatic carbocycles. The van der Waals surface area contributed by atoms with Crippen LogP contribution < -0.4 is 5.73 Å². The normalized spacial score (nSPS) is 11.7. The molecule has 0 aromatic heterocycles. The summed E-state index contributed by atoms with van der Waals surface area (Å²) in [5.41, 5.74) is 4.98. The Labute approximate surface area is 100 Å². The van der Waals surface area contributed by atoms with Crippen molar-refractivity contribution < 1.29 is 19.5 Å². The van der Waals surface area contributed by atoms with E-state index in [2.05, 4.69) is 0 Å². The molecule has 17 heavy (non-hydrogen) atoms. The maximum Gasteiger partial charge on any atom is 0.320 e. The maximum atomic E-state index is 11.9. The molecular weight excluding hydrogens is 226 g/mol.